The summed E-state index contributed by atoms with van der Waals surface area (Å²) in [5.74, 6) is 0.432. The summed E-state index contributed by atoms with van der Waals surface area (Å²) in [6, 6.07) is 3.65. The monoisotopic (exact) mass is 397 g/mol. The Labute approximate surface area is 153 Å². The number of sulfonamides is 1. The van der Waals surface area contributed by atoms with E-state index in [9.17, 15) is 18.5 Å². The fourth-order valence-electron chi connectivity index (χ4n) is 2.69. The third kappa shape index (κ3) is 4.80. The third-order valence-electron chi connectivity index (χ3n) is 3.99. The van der Waals surface area contributed by atoms with Gasteiger partial charge in [-0.2, -0.15) is 4.31 Å². The molecule has 1 aromatic rings. The maximum Gasteiger partial charge on any atom is 0.290 e. The number of benzene rings is 1. The van der Waals surface area contributed by atoms with Crippen LogP contribution in [-0.2, 0) is 10.0 Å². The summed E-state index contributed by atoms with van der Waals surface area (Å²) in [4.78, 5) is 10.1. The van der Waals surface area contributed by atoms with Gasteiger partial charge >= 0.3 is 0 Å². The summed E-state index contributed by atoms with van der Waals surface area (Å²) in [6.07, 6.45) is 1.49. The zero-order chi connectivity index (χ0) is 17.0. The predicted molar refractivity (Wildman–Crippen MR) is 95.4 cm³/mol. The first kappa shape index (κ1) is 21.1. The van der Waals surface area contributed by atoms with Gasteiger partial charge in [0, 0.05) is 24.2 Å². The average molecular weight is 398 g/mol. The Hall–Kier alpha value is -0.930. The van der Waals surface area contributed by atoms with Crippen molar-refractivity contribution in [3.63, 3.8) is 0 Å². The van der Waals surface area contributed by atoms with Crippen LogP contribution in [0.2, 0.25) is 5.02 Å². The van der Waals surface area contributed by atoms with Gasteiger partial charge in [-0.15, -0.1) is 12.4 Å². The van der Waals surface area contributed by atoms with Crippen molar-refractivity contribution in [2.24, 2.45) is 5.92 Å². The Balaban J connectivity index is 0.00000288. The molecule has 10 heteroatoms. The van der Waals surface area contributed by atoms with Crippen LogP contribution in [0, 0.1) is 16.0 Å². The lowest BCUT2D eigenvalue weighted by Gasteiger charge is -2.31. The SMILES string of the molecule is CCNCC1CCN(S(=O)(=O)c2ccc(Cl)cc2[N+](=O)[O-])CC1.Cl. The van der Waals surface area contributed by atoms with Crippen molar-refractivity contribution in [3.8, 4) is 0 Å². The van der Waals surface area contributed by atoms with Gasteiger partial charge in [0.05, 0.1) is 4.92 Å². The fraction of sp³-hybridized carbons (Fsp3) is 0.571. The second-order valence-electron chi connectivity index (χ2n) is 5.52. The molecule has 1 aromatic carbocycles. The van der Waals surface area contributed by atoms with Crippen LogP contribution in [0.25, 0.3) is 0 Å². The van der Waals surface area contributed by atoms with Crippen molar-refractivity contribution < 1.29 is 13.3 Å². The zero-order valence-electron chi connectivity index (χ0n) is 13.3. The summed E-state index contributed by atoms with van der Waals surface area (Å²) in [5, 5.41) is 14.5. The minimum Gasteiger partial charge on any atom is -0.317 e. The first-order valence-corrected chi connectivity index (χ1v) is 9.33. The Morgan fingerprint density at radius 1 is 1.38 bits per heavy atom. The number of nitrogens with one attached hydrogen (secondary N) is 1. The number of nitrogens with zero attached hydrogens (tertiary/aromatic N) is 2. The molecule has 0 spiro atoms. The van der Waals surface area contributed by atoms with Crippen LogP contribution in [0.15, 0.2) is 23.1 Å². The normalized spacial score (nSPS) is 16.6. The van der Waals surface area contributed by atoms with Crippen molar-refractivity contribution in [1.29, 1.82) is 0 Å². The standard InChI is InChI=1S/C14H20ClN3O4S.ClH/c1-2-16-10-11-5-7-17(8-6-11)23(21,22)14-4-3-12(15)9-13(14)18(19)20;/h3-4,9,11,16H,2,5-8,10H2,1H3;1H. The Kier molecular flexibility index (Phi) is 7.88. The Bertz CT molecular complexity index is 677. The number of piperidine rings is 1. The van der Waals surface area contributed by atoms with E-state index >= 15 is 0 Å². The zero-order valence-corrected chi connectivity index (χ0v) is 15.7. The van der Waals surface area contributed by atoms with Gasteiger partial charge in [0.1, 0.15) is 0 Å². The maximum absolute atomic E-state index is 12.7. The molecule has 0 amide bonds. The van der Waals surface area contributed by atoms with E-state index in [0.29, 0.717) is 19.0 Å². The van der Waals surface area contributed by atoms with Crippen LogP contribution in [-0.4, -0.2) is 43.8 Å². The maximum atomic E-state index is 12.7. The fourth-order valence-corrected chi connectivity index (χ4v) is 4.47. The van der Waals surface area contributed by atoms with Gasteiger partial charge in [-0.25, -0.2) is 8.42 Å². The molecule has 24 heavy (non-hydrogen) atoms. The van der Waals surface area contributed by atoms with Crippen molar-refractivity contribution >= 4 is 39.7 Å². The first-order chi connectivity index (χ1) is 10.9. The number of halogens is 2. The molecule has 0 saturated carbocycles. The van der Waals surface area contributed by atoms with Crippen molar-refractivity contribution in [1.82, 2.24) is 9.62 Å². The van der Waals surface area contributed by atoms with E-state index in [-0.39, 0.29) is 22.3 Å². The lowest BCUT2D eigenvalue weighted by molar-refractivity contribution is -0.387. The molecule has 0 aliphatic carbocycles. The highest BCUT2D eigenvalue weighted by atomic mass is 35.5. The summed E-state index contributed by atoms with van der Waals surface area (Å²) in [7, 11) is -3.89. The number of nitro groups is 1. The van der Waals surface area contributed by atoms with Crippen LogP contribution in [0.4, 0.5) is 5.69 Å². The summed E-state index contributed by atoms with van der Waals surface area (Å²) in [5.41, 5.74) is -0.479. The van der Waals surface area contributed by atoms with E-state index in [2.05, 4.69) is 5.32 Å². The summed E-state index contributed by atoms with van der Waals surface area (Å²) < 4.78 is 26.7. The minimum atomic E-state index is -3.89. The van der Waals surface area contributed by atoms with E-state index in [0.717, 1.165) is 32.0 Å². The molecule has 1 heterocycles. The first-order valence-electron chi connectivity index (χ1n) is 7.51. The predicted octanol–water partition coefficient (Wildman–Crippen LogP) is 2.68. The van der Waals surface area contributed by atoms with Crippen LogP contribution >= 0.6 is 24.0 Å². The molecule has 0 aromatic heterocycles. The largest absolute Gasteiger partial charge is 0.317 e. The number of rotatable bonds is 6. The van der Waals surface area contributed by atoms with Crippen molar-refractivity contribution in [2.45, 2.75) is 24.7 Å². The minimum absolute atomic E-state index is 0. The van der Waals surface area contributed by atoms with E-state index in [1.165, 1.54) is 16.4 Å². The highest BCUT2D eigenvalue weighted by molar-refractivity contribution is 7.89. The van der Waals surface area contributed by atoms with Crippen molar-refractivity contribution in [2.75, 3.05) is 26.2 Å². The number of hydrogen-bond acceptors (Lipinski definition) is 5. The van der Waals surface area contributed by atoms with E-state index in [1.54, 1.807) is 0 Å². The molecule has 1 aliphatic rings. The van der Waals surface area contributed by atoms with Gasteiger partial charge in [-0.05, 0) is 44.0 Å². The molecular formula is C14H21Cl2N3O4S. The lowest BCUT2D eigenvalue weighted by Crippen LogP contribution is -2.40. The van der Waals surface area contributed by atoms with Gasteiger partial charge in [-0.1, -0.05) is 18.5 Å². The number of hydrogen-bond donors (Lipinski definition) is 1. The Morgan fingerprint density at radius 3 is 2.54 bits per heavy atom. The summed E-state index contributed by atoms with van der Waals surface area (Å²) in [6.45, 7) is 4.52. The van der Waals surface area contributed by atoms with Crippen molar-refractivity contribution in [3.05, 3.63) is 33.3 Å². The van der Waals surface area contributed by atoms with E-state index in [4.69, 9.17) is 11.6 Å². The van der Waals surface area contributed by atoms with Crippen LogP contribution in [0.1, 0.15) is 19.8 Å². The molecule has 1 aliphatic heterocycles. The topological polar surface area (TPSA) is 92.6 Å². The average Bonchev–Trinajstić information content (AvgIpc) is 2.53. The van der Waals surface area contributed by atoms with Crippen LogP contribution in [0.3, 0.4) is 0 Å². The molecule has 1 fully saturated rings. The molecule has 0 bridgehead atoms. The number of nitro benzene ring substituents is 1. The third-order valence-corrected chi connectivity index (χ3v) is 6.17. The highest BCUT2D eigenvalue weighted by Crippen LogP contribution is 2.31. The van der Waals surface area contributed by atoms with Crippen LogP contribution < -0.4 is 5.32 Å². The molecule has 1 N–H and O–H groups in total. The van der Waals surface area contributed by atoms with Gasteiger partial charge < -0.3 is 5.32 Å². The summed E-state index contributed by atoms with van der Waals surface area (Å²) >= 11 is 5.74. The molecule has 1 saturated heterocycles. The second-order valence-corrected chi connectivity index (χ2v) is 7.87. The van der Waals surface area contributed by atoms with Crippen LogP contribution in [0.5, 0.6) is 0 Å². The second kappa shape index (κ2) is 8.96. The van der Waals surface area contributed by atoms with Gasteiger partial charge in [0.2, 0.25) is 10.0 Å². The molecule has 136 valence electrons. The van der Waals surface area contributed by atoms with E-state index in [1.807, 2.05) is 6.92 Å². The molecular weight excluding hydrogens is 377 g/mol. The molecule has 0 atom stereocenters. The quantitative estimate of drug-likeness (QED) is 0.588. The smallest absolute Gasteiger partial charge is 0.290 e. The molecule has 2 rings (SSSR count). The molecule has 7 nitrogen and oxygen atoms in total. The highest BCUT2D eigenvalue weighted by Gasteiger charge is 2.34. The lowest BCUT2D eigenvalue weighted by atomic mass is 9.98. The van der Waals surface area contributed by atoms with Gasteiger partial charge in [-0.3, -0.25) is 10.1 Å². The molecule has 0 unspecified atom stereocenters. The van der Waals surface area contributed by atoms with Gasteiger partial charge in [0.25, 0.3) is 5.69 Å². The molecule has 0 radical (unpaired) electrons. The Morgan fingerprint density at radius 2 is 2.00 bits per heavy atom. The van der Waals surface area contributed by atoms with Gasteiger partial charge in [0.15, 0.2) is 4.90 Å². The van der Waals surface area contributed by atoms with E-state index < -0.39 is 20.6 Å².